The van der Waals surface area contributed by atoms with Gasteiger partial charge in [-0.3, -0.25) is 10.1 Å². The standard InChI is InChI=1S/C11H16N4O3/c1-12-7-10-8-14(4-5-18-10)11-6-9(15(16)17)2-3-13-11/h2-3,6,10,12H,4-5,7-8H2,1H3. The van der Waals surface area contributed by atoms with Crippen molar-refractivity contribution >= 4 is 11.5 Å². The molecule has 0 radical (unpaired) electrons. The van der Waals surface area contributed by atoms with Crippen molar-refractivity contribution in [2.75, 3.05) is 38.2 Å². The predicted octanol–water partition coefficient (Wildman–Crippen LogP) is 0.414. The fraction of sp³-hybridized carbons (Fsp3) is 0.545. The maximum absolute atomic E-state index is 10.7. The molecule has 2 rings (SSSR count). The number of rotatable bonds is 4. The summed E-state index contributed by atoms with van der Waals surface area (Å²) in [4.78, 5) is 16.5. The number of hydrogen-bond acceptors (Lipinski definition) is 6. The highest BCUT2D eigenvalue weighted by Gasteiger charge is 2.22. The average molecular weight is 252 g/mol. The van der Waals surface area contributed by atoms with Crippen LogP contribution in [0.2, 0.25) is 0 Å². The molecule has 0 saturated carbocycles. The Morgan fingerprint density at radius 3 is 3.28 bits per heavy atom. The van der Waals surface area contributed by atoms with Gasteiger partial charge in [0.2, 0.25) is 0 Å². The maximum Gasteiger partial charge on any atom is 0.274 e. The fourth-order valence-electron chi connectivity index (χ4n) is 1.97. The van der Waals surface area contributed by atoms with Crippen molar-refractivity contribution in [3.8, 4) is 0 Å². The number of pyridine rings is 1. The molecule has 7 heteroatoms. The summed E-state index contributed by atoms with van der Waals surface area (Å²) >= 11 is 0. The monoisotopic (exact) mass is 252 g/mol. The van der Waals surface area contributed by atoms with E-state index in [1.807, 2.05) is 11.9 Å². The van der Waals surface area contributed by atoms with Crippen molar-refractivity contribution in [2.24, 2.45) is 0 Å². The third-order valence-corrected chi connectivity index (χ3v) is 2.83. The van der Waals surface area contributed by atoms with Crippen molar-refractivity contribution in [3.63, 3.8) is 0 Å². The molecule has 1 aliphatic heterocycles. The number of aromatic nitrogens is 1. The first kappa shape index (κ1) is 12.7. The Labute approximate surface area is 105 Å². The lowest BCUT2D eigenvalue weighted by Gasteiger charge is -2.33. The summed E-state index contributed by atoms with van der Waals surface area (Å²) in [6.45, 7) is 2.76. The topological polar surface area (TPSA) is 80.5 Å². The molecule has 7 nitrogen and oxygen atoms in total. The molecule has 2 heterocycles. The van der Waals surface area contributed by atoms with Crippen molar-refractivity contribution in [2.45, 2.75) is 6.10 Å². The van der Waals surface area contributed by atoms with Crippen molar-refractivity contribution in [1.29, 1.82) is 0 Å². The van der Waals surface area contributed by atoms with Crippen molar-refractivity contribution in [3.05, 3.63) is 28.4 Å². The molecule has 0 aromatic carbocycles. The molecule has 18 heavy (non-hydrogen) atoms. The van der Waals surface area contributed by atoms with Crippen LogP contribution in [-0.4, -0.2) is 49.3 Å². The van der Waals surface area contributed by atoms with E-state index < -0.39 is 4.92 Å². The first-order valence-corrected chi connectivity index (χ1v) is 5.82. The zero-order valence-electron chi connectivity index (χ0n) is 10.2. The van der Waals surface area contributed by atoms with E-state index in [1.54, 1.807) is 0 Å². The highest BCUT2D eigenvalue weighted by molar-refractivity contribution is 5.47. The number of ether oxygens (including phenoxy) is 1. The van der Waals surface area contributed by atoms with Gasteiger partial charge in [-0.05, 0) is 7.05 Å². The molecule has 0 spiro atoms. The molecule has 1 aromatic heterocycles. The second kappa shape index (κ2) is 5.74. The Morgan fingerprint density at radius 1 is 1.72 bits per heavy atom. The highest BCUT2D eigenvalue weighted by atomic mass is 16.6. The number of hydrogen-bond donors (Lipinski definition) is 1. The zero-order chi connectivity index (χ0) is 13.0. The lowest BCUT2D eigenvalue weighted by Crippen LogP contribution is -2.46. The first-order chi connectivity index (χ1) is 8.70. The number of likely N-dealkylation sites (N-methyl/N-ethyl adjacent to an activating group) is 1. The number of morpholine rings is 1. The van der Waals surface area contributed by atoms with Crippen molar-refractivity contribution < 1.29 is 9.66 Å². The molecule has 98 valence electrons. The number of nitro groups is 1. The van der Waals surface area contributed by atoms with Crippen molar-refractivity contribution in [1.82, 2.24) is 10.3 Å². The van der Waals surface area contributed by atoms with E-state index in [0.717, 1.165) is 6.54 Å². The van der Waals surface area contributed by atoms with Gasteiger partial charge >= 0.3 is 0 Å². The van der Waals surface area contributed by atoms with Gasteiger partial charge in [0, 0.05) is 31.9 Å². The molecule has 1 aliphatic rings. The van der Waals surface area contributed by atoms with E-state index in [0.29, 0.717) is 25.5 Å². The first-order valence-electron chi connectivity index (χ1n) is 5.82. The molecule has 1 unspecified atom stereocenters. The van der Waals surface area contributed by atoms with Gasteiger partial charge in [0.1, 0.15) is 5.82 Å². The molecular weight excluding hydrogens is 236 g/mol. The van der Waals surface area contributed by atoms with Crippen LogP contribution in [0.25, 0.3) is 0 Å². The third-order valence-electron chi connectivity index (χ3n) is 2.83. The highest BCUT2D eigenvalue weighted by Crippen LogP contribution is 2.20. The van der Waals surface area contributed by atoms with Gasteiger partial charge in [0.25, 0.3) is 5.69 Å². The SMILES string of the molecule is CNCC1CN(c2cc([N+](=O)[O-])ccn2)CCO1. The van der Waals surface area contributed by atoms with Gasteiger partial charge in [-0.25, -0.2) is 4.98 Å². The maximum atomic E-state index is 10.7. The van der Waals surface area contributed by atoms with Crippen LogP contribution in [0, 0.1) is 10.1 Å². The molecule has 0 aliphatic carbocycles. The van der Waals surface area contributed by atoms with Gasteiger partial charge in [0.15, 0.2) is 0 Å². The van der Waals surface area contributed by atoms with Gasteiger partial charge in [-0.2, -0.15) is 0 Å². The van der Waals surface area contributed by atoms with Crippen LogP contribution in [0.5, 0.6) is 0 Å². The minimum absolute atomic E-state index is 0.0664. The number of nitrogens with one attached hydrogen (secondary N) is 1. The van der Waals surface area contributed by atoms with E-state index in [2.05, 4.69) is 10.3 Å². The zero-order valence-corrected chi connectivity index (χ0v) is 10.2. The lowest BCUT2D eigenvalue weighted by molar-refractivity contribution is -0.384. The van der Waals surface area contributed by atoms with Crippen LogP contribution >= 0.6 is 0 Å². The Morgan fingerprint density at radius 2 is 2.56 bits per heavy atom. The molecule has 1 aromatic rings. The Bertz CT molecular complexity index is 425. The van der Waals surface area contributed by atoms with Gasteiger partial charge in [-0.1, -0.05) is 0 Å². The molecule has 0 bridgehead atoms. The van der Waals surface area contributed by atoms with E-state index in [-0.39, 0.29) is 11.8 Å². The van der Waals surface area contributed by atoms with Gasteiger partial charge in [0.05, 0.1) is 23.7 Å². The van der Waals surface area contributed by atoms with Gasteiger partial charge < -0.3 is 15.0 Å². The summed E-state index contributed by atoms with van der Waals surface area (Å²) in [5, 5.41) is 13.8. The van der Waals surface area contributed by atoms with E-state index in [4.69, 9.17) is 4.74 Å². The van der Waals surface area contributed by atoms with E-state index >= 15 is 0 Å². The largest absolute Gasteiger partial charge is 0.373 e. The van der Waals surface area contributed by atoms with Crippen LogP contribution < -0.4 is 10.2 Å². The molecule has 1 saturated heterocycles. The van der Waals surface area contributed by atoms with Crippen LogP contribution in [0.1, 0.15) is 0 Å². The quantitative estimate of drug-likeness (QED) is 0.617. The summed E-state index contributed by atoms with van der Waals surface area (Å²) in [7, 11) is 1.87. The Hall–Kier alpha value is -1.73. The molecule has 1 N–H and O–H groups in total. The van der Waals surface area contributed by atoms with E-state index in [1.165, 1.54) is 18.3 Å². The average Bonchev–Trinajstić information content (AvgIpc) is 2.39. The molecule has 0 amide bonds. The van der Waals surface area contributed by atoms with Crippen LogP contribution in [0.15, 0.2) is 18.3 Å². The third kappa shape index (κ3) is 2.93. The summed E-state index contributed by atoms with van der Waals surface area (Å²) in [6, 6.07) is 2.90. The normalized spacial score (nSPS) is 19.8. The summed E-state index contributed by atoms with van der Waals surface area (Å²) in [5.41, 5.74) is 0.0664. The summed E-state index contributed by atoms with van der Waals surface area (Å²) in [6.07, 6.45) is 1.56. The Balaban J connectivity index is 2.10. The predicted molar refractivity (Wildman–Crippen MR) is 66.8 cm³/mol. The lowest BCUT2D eigenvalue weighted by atomic mass is 10.2. The van der Waals surface area contributed by atoms with Crippen LogP contribution in [-0.2, 0) is 4.74 Å². The second-order valence-electron chi connectivity index (χ2n) is 4.13. The molecule has 1 atom stereocenters. The van der Waals surface area contributed by atoms with Gasteiger partial charge in [-0.15, -0.1) is 0 Å². The minimum atomic E-state index is -0.406. The molecule has 1 fully saturated rings. The van der Waals surface area contributed by atoms with E-state index in [9.17, 15) is 10.1 Å². The summed E-state index contributed by atoms with van der Waals surface area (Å²) < 4.78 is 5.58. The van der Waals surface area contributed by atoms with Crippen LogP contribution in [0.3, 0.4) is 0 Å². The summed E-state index contributed by atoms with van der Waals surface area (Å²) in [5.74, 6) is 0.633. The Kier molecular flexibility index (Phi) is 4.06. The smallest absolute Gasteiger partial charge is 0.274 e. The second-order valence-corrected chi connectivity index (χ2v) is 4.13. The number of anilines is 1. The number of nitrogens with zero attached hydrogens (tertiary/aromatic N) is 3. The van der Waals surface area contributed by atoms with Crippen LogP contribution in [0.4, 0.5) is 11.5 Å². The fourth-order valence-corrected chi connectivity index (χ4v) is 1.97. The molecular formula is C11H16N4O3. The minimum Gasteiger partial charge on any atom is -0.373 e.